The zero-order valence-corrected chi connectivity index (χ0v) is 19.0. The standard InChI is InChI=1S/C21H33N3O2.HI/c1-4-22-20(24-14-21(11-12-21)17-7-8-17)23-13-19(25)16-5-9-18(10-6-16)26-15(2)3;/h5-6,9-10,15,17,19,25H,4,7-8,11-14H2,1-3H3,(H2,22,23,24);1H. The Bertz CT molecular complexity index is 610. The normalized spacial score (nSPS) is 19.2. The number of rotatable bonds is 9. The fourth-order valence-electron chi connectivity index (χ4n) is 3.48. The molecule has 0 heterocycles. The summed E-state index contributed by atoms with van der Waals surface area (Å²) in [7, 11) is 0. The van der Waals surface area contributed by atoms with Crippen molar-refractivity contribution in [1.29, 1.82) is 0 Å². The third-order valence-electron chi connectivity index (χ3n) is 5.33. The summed E-state index contributed by atoms with van der Waals surface area (Å²) in [5.74, 6) is 2.54. The minimum absolute atomic E-state index is 0. The van der Waals surface area contributed by atoms with Crippen LogP contribution in [0.4, 0.5) is 0 Å². The van der Waals surface area contributed by atoms with E-state index in [9.17, 15) is 5.11 Å². The van der Waals surface area contributed by atoms with Crippen LogP contribution in [0.3, 0.4) is 0 Å². The summed E-state index contributed by atoms with van der Waals surface area (Å²) in [6.45, 7) is 8.23. The van der Waals surface area contributed by atoms with E-state index >= 15 is 0 Å². The van der Waals surface area contributed by atoms with Gasteiger partial charge >= 0.3 is 0 Å². The van der Waals surface area contributed by atoms with Gasteiger partial charge in [-0.05, 0) is 75.5 Å². The van der Waals surface area contributed by atoms with Gasteiger partial charge in [0.25, 0.3) is 0 Å². The fourth-order valence-corrected chi connectivity index (χ4v) is 3.48. The molecule has 5 nitrogen and oxygen atoms in total. The molecule has 1 aromatic carbocycles. The number of guanidine groups is 1. The Hall–Kier alpha value is -1.02. The number of benzene rings is 1. The van der Waals surface area contributed by atoms with Crippen molar-refractivity contribution in [2.24, 2.45) is 16.3 Å². The van der Waals surface area contributed by atoms with Crippen molar-refractivity contribution < 1.29 is 9.84 Å². The molecule has 0 aromatic heterocycles. The summed E-state index contributed by atoms with van der Waals surface area (Å²) in [5.41, 5.74) is 1.37. The van der Waals surface area contributed by atoms with Gasteiger partial charge in [0, 0.05) is 19.6 Å². The van der Waals surface area contributed by atoms with Crippen molar-refractivity contribution in [1.82, 2.24) is 10.6 Å². The van der Waals surface area contributed by atoms with E-state index in [0.29, 0.717) is 12.0 Å². The van der Waals surface area contributed by atoms with Gasteiger partial charge < -0.3 is 20.5 Å². The second-order valence-corrected chi connectivity index (χ2v) is 7.96. The molecule has 27 heavy (non-hydrogen) atoms. The minimum Gasteiger partial charge on any atom is -0.491 e. The first-order chi connectivity index (χ1) is 12.5. The Labute approximate surface area is 180 Å². The molecule has 152 valence electrons. The molecule has 2 fully saturated rings. The molecule has 3 rings (SSSR count). The van der Waals surface area contributed by atoms with Crippen LogP contribution < -0.4 is 15.4 Å². The van der Waals surface area contributed by atoms with Crippen molar-refractivity contribution >= 4 is 29.9 Å². The molecule has 2 aliphatic rings. The van der Waals surface area contributed by atoms with Crippen molar-refractivity contribution in [3.05, 3.63) is 29.8 Å². The topological polar surface area (TPSA) is 65.9 Å². The fraction of sp³-hybridized carbons (Fsp3) is 0.667. The van der Waals surface area contributed by atoms with E-state index in [1.165, 1.54) is 25.7 Å². The molecule has 0 bridgehead atoms. The highest BCUT2D eigenvalue weighted by Crippen LogP contribution is 2.61. The number of aliphatic hydroxyl groups is 1. The van der Waals surface area contributed by atoms with Crippen molar-refractivity contribution in [2.75, 3.05) is 19.6 Å². The lowest BCUT2D eigenvalue weighted by Gasteiger charge is -2.17. The van der Waals surface area contributed by atoms with Crippen LogP contribution in [0, 0.1) is 11.3 Å². The monoisotopic (exact) mass is 487 g/mol. The van der Waals surface area contributed by atoms with E-state index in [-0.39, 0.29) is 30.1 Å². The Morgan fingerprint density at radius 2 is 1.89 bits per heavy atom. The highest BCUT2D eigenvalue weighted by Gasteiger charge is 2.53. The van der Waals surface area contributed by atoms with E-state index in [0.717, 1.165) is 36.3 Å². The molecule has 2 saturated carbocycles. The molecule has 1 atom stereocenters. The molecule has 3 N–H and O–H groups in total. The summed E-state index contributed by atoms with van der Waals surface area (Å²) in [6.07, 6.45) is 4.99. The summed E-state index contributed by atoms with van der Waals surface area (Å²) < 4.78 is 5.65. The van der Waals surface area contributed by atoms with Gasteiger partial charge in [-0.2, -0.15) is 0 Å². The summed E-state index contributed by atoms with van der Waals surface area (Å²) in [6, 6.07) is 7.65. The molecule has 2 aliphatic carbocycles. The SMILES string of the molecule is CCNC(=NCC1(C2CC2)CC1)NCC(O)c1ccc(OC(C)C)cc1.I. The average molecular weight is 487 g/mol. The molecule has 0 aliphatic heterocycles. The van der Waals surface area contributed by atoms with Gasteiger partial charge in [0.05, 0.1) is 12.2 Å². The predicted molar refractivity (Wildman–Crippen MR) is 121 cm³/mol. The molecule has 1 aromatic rings. The number of nitrogens with zero attached hydrogens (tertiary/aromatic N) is 1. The van der Waals surface area contributed by atoms with Crippen LogP contribution in [-0.4, -0.2) is 36.8 Å². The van der Waals surface area contributed by atoms with Gasteiger partial charge in [-0.15, -0.1) is 24.0 Å². The number of hydrogen-bond donors (Lipinski definition) is 3. The lowest BCUT2D eigenvalue weighted by atomic mass is 10.0. The number of aliphatic hydroxyl groups excluding tert-OH is 1. The Kier molecular flexibility index (Phi) is 8.21. The van der Waals surface area contributed by atoms with Gasteiger partial charge in [0.1, 0.15) is 5.75 Å². The quantitative estimate of drug-likeness (QED) is 0.281. The van der Waals surface area contributed by atoms with Gasteiger partial charge in [-0.3, -0.25) is 4.99 Å². The number of nitrogens with one attached hydrogen (secondary N) is 2. The van der Waals surface area contributed by atoms with Crippen LogP contribution in [-0.2, 0) is 0 Å². The largest absolute Gasteiger partial charge is 0.491 e. The molecular formula is C21H34IN3O2. The van der Waals surface area contributed by atoms with Crippen LogP contribution in [0.2, 0.25) is 0 Å². The van der Waals surface area contributed by atoms with Crippen molar-refractivity contribution in [3.63, 3.8) is 0 Å². The second-order valence-electron chi connectivity index (χ2n) is 7.96. The van der Waals surface area contributed by atoms with E-state index in [1.807, 2.05) is 38.1 Å². The zero-order chi connectivity index (χ0) is 18.6. The Balaban J connectivity index is 0.00000261. The average Bonchev–Trinajstić information content (AvgIpc) is 3.50. The van der Waals surface area contributed by atoms with E-state index in [1.54, 1.807) is 0 Å². The first-order valence-corrected chi connectivity index (χ1v) is 9.99. The number of aliphatic imine (C=N–C) groups is 1. The van der Waals surface area contributed by atoms with Crippen LogP contribution in [0.15, 0.2) is 29.3 Å². The molecule has 0 saturated heterocycles. The van der Waals surface area contributed by atoms with Crippen LogP contribution in [0.1, 0.15) is 58.1 Å². The zero-order valence-electron chi connectivity index (χ0n) is 16.7. The predicted octanol–water partition coefficient (Wildman–Crippen LogP) is 3.87. The van der Waals surface area contributed by atoms with Crippen molar-refractivity contribution in [2.45, 2.75) is 58.7 Å². The molecule has 0 spiro atoms. The van der Waals surface area contributed by atoms with Crippen LogP contribution >= 0.6 is 24.0 Å². The summed E-state index contributed by atoms with van der Waals surface area (Å²) in [4.78, 5) is 4.78. The lowest BCUT2D eigenvalue weighted by molar-refractivity contribution is 0.180. The first kappa shape index (κ1) is 22.3. The Morgan fingerprint density at radius 3 is 2.41 bits per heavy atom. The number of ether oxygens (including phenoxy) is 1. The highest BCUT2D eigenvalue weighted by atomic mass is 127. The third kappa shape index (κ3) is 6.52. The van der Waals surface area contributed by atoms with Crippen molar-refractivity contribution in [3.8, 4) is 5.75 Å². The molecular weight excluding hydrogens is 453 g/mol. The summed E-state index contributed by atoms with van der Waals surface area (Å²) >= 11 is 0. The van der Waals surface area contributed by atoms with Crippen LogP contribution in [0.5, 0.6) is 5.75 Å². The lowest BCUT2D eigenvalue weighted by Crippen LogP contribution is -2.39. The maximum Gasteiger partial charge on any atom is 0.191 e. The maximum absolute atomic E-state index is 10.5. The molecule has 6 heteroatoms. The smallest absolute Gasteiger partial charge is 0.191 e. The van der Waals surface area contributed by atoms with Gasteiger partial charge in [0.2, 0.25) is 0 Å². The van der Waals surface area contributed by atoms with Crippen LogP contribution in [0.25, 0.3) is 0 Å². The highest BCUT2D eigenvalue weighted by molar-refractivity contribution is 14.0. The van der Waals surface area contributed by atoms with Gasteiger partial charge in [-0.25, -0.2) is 0 Å². The van der Waals surface area contributed by atoms with Gasteiger partial charge in [-0.1, -0.05) is 12.1 Å². The number of hydrogen-bond acceptors (Lipinski definition) is 3. The Morgan fingerprint density at radius 1 is 1.22 bits per heavy atom. The van der Waals surface area contributed by atoms with E-state index in [4.69, 9.17) is 9.73 Å². The van der Waals surface area contributed by atoms with E-state index < -0.39 is 6.10 Å². The number of halogens is 1. The summed E-state index contributed by atoms with van der Waals surface area (Å²) in [5, 5.41) is 17.0. The van der Waals surface area contributed by atoms with Gasteiger partial charge in [0.15, 0.2) is 5.96 Å². The minimum atomic E-state index is -0.578. The molecule has 1 unspecified atom stereocenters. The maximum atomic E-state index is 10.5. The molecule has 0 amide bonds. The first-order valence-electron chi connectivity index (χ1n) is 9.99. The van der Waals surface area contributed by atoms with E-state index in [2.05, 4.69) is 17.6 Å². The molecule has 0 radical (unpaired) electrons. The second kappa shape index (κ2) is 9.96. The third-order valence-corrected chi connectivity index (χ3v) is 5.33.